The number of non-ortho nitro benzene ring substituents is 1. The number of hydrogen-bond acceptors (Lipinski definition) is 5. The maximum Gasteiger partial charge on any atom is 0.296 e. The first-order chi connectivity index (χ1) is 13.9. The van der Waals surface area contributed by atoms with E-state index in [0.717, 1.165) is 34.4 Å². The number of nitro benzene ring substituents is 1. The first-order valence-corrected chi connectivity index (χ1v) is 9.93. The van der Waals surface area contributed by atoms with Gasteiger partial charge in [-0.25, -0.2) is 0 Å². The molecule has 1 fully saturated rings. The third kappa shape index (κ3) is 3.72. The fraction of sp³-hybridized carbons (Fsp3) is 0.0476. The van der Waals surface area contributed by atoms with Crippen LogP contribution < -0.4 is 4.90 Å². The highest BCUT2D eigenvalue weighted by Gasteiger charge is 2.33. The van der Waals surface area contributed by atoms with E-state index in [0.29, 0.717) is 9.89 Å². The van der Waals surface area contributed by atoms with Crippen molar-refractivity contribution in [1.29, 1.82) is 0 Å². The van der Waals surface area contributed by atoms with Crippen LogP contribution in [0.1, 0.15) is 11.3 Å². The maximum atomic E-state index is 12.6. The normalized spacial score (nSPS) is 15.3. The second-order valence-corrected chi connectivity index (χ2v) is 7.81. The molecular weight excluding hydrogens is 406 g/mol. The monoisotopic (exact) mass is 421 g/mol. The highest BCUT2D eigenvalue weighted by atomic mass is 32.2. The number of thioether (sulfide) groups is 1. The number of hydrogen-bond donors (Lipinski definition) is 0. The first kappa shape index (κ1) is 19.1. The molecule has 0 unspecified atom stereocenters. The molecule has 0 atom stereocenters. The van der Waals surface area contributed by atoms with E-state index in [4.69, 9.17) is 12.2 Å². The lowest BCUT2D eigenvalue weighted by Gasteiger charge is -2.14. The van der Waals surface area contributed by atoms with Gasteiger partial charge in [0.2, 0.25) is 0 Å². The lowest BCUT2D eigenvalue weighted by Crippen LogP contribution is -2.26. The Morgan fingerprint density at radius 3 is 2.34 bits per heavy atom. The predicted octanol–water partition coefficient (Wildman–Crippen LogP) is 5.74. The summed E-state index contributed by atoms with van der Waals surface area (Å²) in [6.45, 7) is 1.99. The molecule has 0 spiro atoms. The van der Waals surface area contributed by atoms with Crippen molar-refractivity contribution in [2.75, 3.05) is 4.90 Å². The molecule has 0 saturated carbocycles. The minimum atomic E-state index is -0.429. The molecular formula is C21H15N3O3S2. The molecule has 3 aromatic rings. The Bertz CT molecular complexity index is 1150. The van der Waals surface area contributed by atoms with Gasteiger partial charge in [0.05, 0.1) is 15.5 Å². The van der Waals surface area contributed by atoms with Crippen molar-refractivity contribution in [3.63, 3.8) is 0 Å². The smallest absolute Gasteiger partial charge is 0.296 e. The van der Waals surface area contributed by atoms with E-state index in [2.05, 4.69) is 0 Å². The Morgan fingerprint density at radius 1 is 1.03 bits per heavy atom. The molecule has 29 heavy (non-hydrogen) atoms. The Balaban J connectivity index is 1.65. The zero-order valence-corrected chi connectivity index (χ0v) is 16.9. The topological polar surface area (TPSA) is 68.4 Å². The molecule has 1 aliphatic heterocycles. The second kappa shape index (κ2) is 7.65. The summed E-state index contributed by atoms with van der Waals surface area (Å²) < 4.78 is 1.89. The predicted molar refractivity (Wildman–Crippen MR) is 120 cm³/mol. The summed E-state index contributed by atoms with van der Waals surface area (Å²) in [6.07, 6.45) is 3.72. The van der Waals surface area contributed by atoms with Crippen LogP contribution in [0.15, 0.2) is 71.8 Å². The minimum Gasteiger partial charge on any atom is -0.317 e. The molecule has 4 rings (SSSR count). The number of thiocarbonyl (C=S) groups is 1. The minimum absolute atomic E-state index is 0.0349. The van der Waals surface area contributed by atoms with Crippen LogP contribution >= 0.6 is 24.0 Å². The molecule has 2 heterocycles. The molecule has 8 heteroatoms. The van der Waals surface area contributed by atoms with Gasteiger partial charge in [-0.05, 0) is 61.2 Å². The number of anilines is 1. The van der Waals surface area contributed by atoms with Crippen LogP contribution in [0.3, 0.4) is 0 Å². The number of aromatic nitrogens is 1. The molecule has 6 nitrogen and oxygen atoms in total. The maximum absolute atomic E-state index is 12.6. The van der Waals surface area contributed by atoms with E-state index in [9.17, 15) is 14.9 Å². The van der Waals surface area contributed by atoms with Crippen LogP contribution in [0.25, 0.3) is 11.8 Å². The van der Waals surface area contributed by atoms with Gasteiger partial charge in [-0.2, -0.15) is 0 Å². The Labute approximate surface area is 176 Å². The van der Waals surface area contributed by atoms with Crippen molar-refractivity contribution in [3.8, 4) is 5.69 Å². The highest BCUT2D eigenvalue weighted by Crippen LogP contribution is 2.37. The van der Waals surface area contributed by atoms with Gasteiger partial charge >= 0.3 is 0 Å². The molecule has 0 N–H and O–H groups in total. The van der Waals surface area contributed by atoms with E-state index in [1.807, 2.05) is 60.2 Å². The van der Waals surface area contributed by atoms with Gasteiger partial charge in [0.15, 0.2) is 0 Å². The van der Waals surface area contributed by atoms with Crippen molar-refractivity contribution in [3.05, 3.63) is 93.1 Å². The average Bonchev–Trinajstić information content (AvgIpc) is 3.27. The van der Waals surface area contributed by atoms with E-state index >= 15 is 0 Å². The van der Waals surface area contributed by atoms with Crippen molar-refractivity contribution in [2.24, 2.45) is 0 Å². The number of rotatable bonds is 4. The van der Waals surface area contributed by atoms with Gasteiger partial charge in [-0.15, -0.1) is 0 Å². The van der Waals surface area contributed by atoms with Gasteiger partial charge in [0.25, 0.3) is 10.9 Å². The molecule has 144 valence electrons. The molecule has 1 aromatic heterocycles. The fourth-order valence-corrected chi connectivity index (χ4v) is 4.26. The quantitative estimate of drug-likeness (QED) is 0.233. The van der Waals surface area contributed by atoms with Gasteiger partial charge < -0.3 is 4.57 Å². The summed E-state index contributed by atoms with van der Waals surface area (Å²) in [5, 5.41) is 10.7. The molecule has 1 amide bonds. The zero-order chi connectivity index (χ0) is 20.5. The number of carbonyl (C=O) groups excluding carboxylic acids is 1. The summed E-state index contributed by atoms with van der Waals surface area (Å²) in [6, 6.07) is 17.7. The zero-order valence-electron chi connectivity index (χ0n) is 15.3. The Kier molecular flexibility index (Phi) is 5.04. The van der Waals surface area contributed by atoms with E-state index in [1.54, 1.807) is 12.1 Å². The summed E-state index contributed by atoms with van der Waals surface area (Å²) in [5.74, 6) is 0. The van der Waals surface area contributed by atoms with Gasteiger partial charge in [-0.1, -0.05) is 29.9 Å². The standard InChI is InChI=1S/C21H15N3O3S2/c1-14-4-6-16(7-5-14)23-20(28)19(29-21(23)25)13-18-3-2-12-22(18)15-8-10-17(11-9-15)24(26)27/h2-13H,1H3. The van der Waals surface area contributed by atoms with Gasteiger partial charge in [0, 0.05) is 29.7 Å². The first-order valence-electron chi connectivity index (χ1n) is 8.71. The summed E-state index contributed by atoms with van der Waals surface area (Å²) >= 11 is 6.66. The van der Waals surface area contributed by atoms with Crippen molar-refractivity contribution in [1.82, 2.24) is 4.57 Å². The van der Waals surface area contributed by atoms with Crippen LogP contribution in [0.2, 0.25) is 0 Å². The third-order valence-corrected chi connectivity index (χ3v) is 5.90. The molecule has 0 aliphatic carbocycles. The number of nitrogens with zero attached hydrogens (tertiary/aromatic N) is 3. The van der Waals surface area contributed by atoms with Crippen LogP contribution in [-0.4, -0.2) is 19.7 Å². The lowest BCUT2D eigenvalue weighted by atomic mass is 10.2. The van der Waals surface area contributed by atoms with E-state index in [1.165, 1.54) is 17.0 Å². The molecule has 1 saturated heterocycles. The lowest BCUT2D eigenvalue weighted by molar-refractivity contribution is -0.384. The van der Waals surface area contributed by atoms with Crippen LogP contribution in [0, 0.1) is 17.0 Å². The SMILES string of the molecule is Cc1ccc(N2C(=O)SC(=Cc3cccn3-c3ccc([N+](=O)[O-])cc3)C2=S)cc1. The molecule has 1 aliphatic rings. The number of nitro groups is 1. The number of carbonyl (C=O) groups is 1. The number of benzene rings is 2. The Morgan fingerprint density at radius 2 is 1.69 bits per heavy atom. The van der Waals surface area contributed by atoms with Gasteiger partial charge in [0.1, 0.15) is 4.99 Å². The Hall–Kier alpha value is -3.23. The summed E-state index contributed by atoms with van der Waals surface area (Å²) in [4.78, 5) is 25.7. The third-order valence-electron chi connectivity index (χ3n) is 4.48. The largest absolute Gasteiger partial charge is 0.317 e. The number of amides is 1. The van der Waals surface area contributed by atoms with E-state index in [-0.39, 0.29) is 10.9 Å². The fourth-order valence-electron chi connectivity index (χ4n) is 3.00. The van der Waals surface area contributed by atoms with Crippen LogP contribution in [0.4, 0.5) is 16.2 Å². The molecule has 2 aromatic carbocycles. The highest BCUT2D eigenvalue weighted by molar-refractivity contribution is 8.20. The van der Waals surface area contributed by atoms with E-state index < -0.39 is 4.92 Å². The molecule has 0 radical (unpaired) electrons. The van der Waals surface area contributed by atoms with Gasteiger partial charge in [-0.3, -0.25) is 19.8 Å². The van der Waals surface area contributed by atoms with Crippen LogP contribution in [-0.2, 0) is 0 Å². The van der Waals surface area contributed by atoms with Crippen molar-refractivity contribution < 1.29 is 9.72 Å². The molecule has 0 bridgehead atoms. The van der Waals surface area contributed by atoms with Crippen molar-refractivity contribution >= 4 is 51.7 Å². The summed E-state index contributed by atoms with van der Waals surface area (Å²) in [5.41, 5.74) is 3.49. The number of aryl methyl sites for hydroxylation is 1. The van der Waals surface area contributed by atoms with Crippen LogP contribution in [0.5, 0.6) is 0 Å². The van der Waals surface area contributed by atoms with Crippen molar-refractivity contribution in [2.45, 2.75) is 6.92 Å². The second-order valence-electron chi connectivity index (χ2n) is 6.43. The average molecular weight is 422 g/mol. The summed E-state index contributed by atoms with van der Waals surface area (Å²) in [7, 11) is 0.